The highest BCUT2D eigenvalue weighted by Crippen LogP contribution is 2.19. The number of halogens is 1. The van der Waals surface area contributed by atoms with Crippen LogP contribution in [0.1, 0.15) is 30.1 Å². The maximum Gasteiger partial charge on any atom is 0.255 e. The van der Waals surface area contributed by atoms with Gasteiger partial charge in [-0.1, -0.05) is 11.6 Å². The highest BCUT2D eigenvalue weighted by atomic mass is 35.5. The fourth-order valence-corrected chi connectivity index (χ4v) is 1.71. The minimum Gasteiger partial charge on any atom is -0.397 e. The van der Waals surface area contributed by atoms with Gasteiger partial charge in [0.25, 0.3) is 5.91 Å². The van der Waals surface area contributed by atoms with Crippen molar-refractivity contribution in [3.05, 3.63) is 23.0 Å². The SMILES string of the molecule is CC(NC(=O)c1cc(N)cnc1Cl)C(=O)NC1CC1. The Kier molecular flexibility index (Phi) is 3.90. The number of rotatable bonds is 4. The van der Waals surface area contributed by atoms with Gasteiger partial charge in [-0.15, -0.1) is 0 Å². The second kappa shape index (κ2) is 5.44. The Labute approximate surface area is 115 Å². The molecule has 0 bridgehead atoms. The van der Waals surface area contributed by atoms with E-state index in [-0.39, 0.29) is 22.7 Å². The number of nitrogens with two attached hydrogens (primary N) is 1. The van der Waals surface area contributed by atoms with Gasteiger partial charge in [0, 0.05) is 6.04 Å². The van der Waals surface area contributed by atoms with Crippen molar-refractivity contribution in [1.29, 1.82) is 0 Å². The van der Waals surface area contributed by atoms with E-state index in [1.54, 1.807) is 6.92 Å². The second-order valence-corrected chi connectivity index (χ2v) is 4.94. The normalized spacial score (nSPS) is 15.7. The summed E-state index contributed by atoms with van der Waals surface area (Å²) >= 11 is 5.82. The average molecular weight is 283 g/mol. The lowest BCUT2D eigenvalue weighted by atomic mass is 10.2. The number of hydrogen-bond acceptors (Lipinski definition) is 4. The molecule has 2 amide bonds. The first-order chi connectivity index (χ1) is 8.97. The molecule has 0 spiro atoms. The van der Waals surface area contributed by atoms with Gasteiger partial charge >= 0.3 is 0 Å². The van der Waals surface area contributed by atoms with E-state index in [9.17, 15) is 9.59 Å². The van der Waals surface area contributed by atoms with E-state index >= 15 is 0 Å². The molecular formula is C12H15ClN4O2. The first-order valence-electron chi connectivity index (χ1n) is 5.99. The molecule has 1 saturated carbocycles. The first-order valence-corrected chi connectivity index (χ1v) is 6.37. The Balaban J connectivity index is 1.99. The van der Waals surface area contributed by atoms with Gasteiger partial charge in [0.05, 0.1) is 17.4 Å². The smallest absolute Gasteiger partial charge is 0.255 e. The van der Waals surface area contributed by atoms with Gasteiger partial charge in [-0.25, -0.2) is 4.98 Å². The van der Waals surface area contributed by atoms with Crippen LogP contribution in [0.25, 0.3) is 0 Å². The fourth-order valence-electron chi connectivity index (χ4n) is 1.52. The molecule has 1 aliphatic rings. The highest BCUT2D eigenvalue weighted by Gasteiger charge is 2.26. The van der Waals surface area contributed by atoms with Crippen LogP contribution in [0.3, 0.4) is 0 Å². The topological polar surface area (TPSA) is 97.1 Å². The Morgan fingerprint density at radius 2 is 2.21 bits per heavy atom. The highest BCUT2D eigenvalue weighted by molar-refractivity contribution is 6.32. The Morgan fingerprint density at radius 3 is 2.84 bits per heavy atom. The number of nitrogens with one attached hydrogen (secondary N) is 2. The average Bonchev–Trinajstić information content (AvgIpc) is 3.15. The lowest BCUT2D eigenvalue weighted by molar-refractivity contribution is -0.122. The third-order valence-corrected chi connectivity index (χ3v) is 3.07. The molecule has 1 unspecified atom stereocenters. The van der Waals surface area contributed by atoms with Gasteiger partial charge < -0.3 is 16.4 Å². The van der Waals surface area contributed by atoms with Gasteiger partial charge in [-0.05, 0) is 25.8 Å². The zero-order valence-electron chi connectivity index (χ0n) is 10.4. The summed E-state index contributed by atoms with van der Waals surface area (Å²) in [5, 5.41) is 5.43. The zero-order chi connectivity index (χ0) is 14.0. The molecule has 7 heteroatoms. The maximum absolute atomic E-state index is 12.0. The summed E-state index contributed by atoms with van der Waals surface area (Å²) in [4.78, 5) is 27.5. The standard InChI is InChI=1S/C12H15ClN4O2/c1-6(11(18)17-8-2-3-8)16-12(19)9-4-7(14)5-15-10(9)13/h4-6,8H,2-3,14H2,1H3,(H,16,19)(H,17,18). The van der Waals surface area contributed by atoms with Crippen LogP contribution in [-0.2, 0) is 4.79 Å². The third kappa shape index (κ3) is 3.57. The summed E-state index contributed by atoms with van der Waals surface area (Å²) in [6.07, 6.45) is 3.36. The molecule has 1 fully saturated rings. The minimum atomic E-state index is -0.634. The summed E-state index contributed by atoms with van der Waals surface area (Å²) in [7, 11) is 0. The third-order valence-electron chi connectivity index (χ3n) is 2.77. The molecular weight excluding hydrogens is 268 g/mol. The number of carbonyl (C=O) groups is 2. The Morgan fingerprint density at radius 1 is 1.53 bits per heavy atom. The van der Waals surface area contributed by atoms with Crippen LogP contribution in [-0.4, -0.2) is 28.9 Å². The van der Waals surface area contributed by atoms with Crippen molar-refractivity contribution in [2.75, 3.05) is 5.73 Å². The van der Waals surface area contributed by atoms with Crippen molar-refractivity contribution >= 4 is 29.1 Å². The lowest BCUT2D eigenvalue weighted by Gasteiger charge is -2.14. The molecule has 19 heavy (non-hydrogen) atoms. The van der Waals surface area contributed by atoms with Crippen LogP contribution in [0.5, 0.6) is 0 Å². The second-order valence-electron chi connectivity index (χ2n) is 4.59. The molecule has 1 atom stereocenters. The molecule has 0 radical (unpaired) electrons. The van der Waals surface area contributed by atoms with Crippen molar-refractivity contribution < 1.29 is 9.59 Å². The van der Waals surface area contributed by atoms with E-state index in [1.165, 1.54) is 12.3 Å². The number of aromatic nitrogens is 1. The van der Waals surface area contributed by atoms with Crippen molar-refractivity contribution in [3.63, 3.8) is 0 Å². The number of hydrogen-bond donors (Lipinski definition) is 3. The predicted molar refractivity (Wildman–Crippen MR) is 71.8 cm³/mol. The van der Waals surface area contributed by atoms with E-state index in [1.807, 2.05) is 0 Å². The first kappa shape index (κ1) is 13.6. The number of amides is 2. The Hall–Kier alpha value is -1.82. The summed E-state index contributed by atoms with van der Waals surface area (Å²) < 4.78 is 0. The van der Waals surface area contributed by atoms with Crippen LogP contribution < -0.4 is 16.4 Å². The van der Waals surface area contributed by atoms with Gasteiger partial charge in [0.2, 0.25) is 5.91 Å². The molecule has 1 heterocycles. The molecule has 0 saturated heterocycles. The number of anilines is 1. The number of carbonyl (C=O) groups excluding carboxylic acids is 2. The van der Waals surface area contributed by atoms with Crippen molar-refractivity contribution in [3.8, 4) is 0 Å². The number of pyridine rings is 1. The molecule has 1 aromatic rings. The number of nitrogen functional groups attached to an aromatic ring is 1. The molecule has 1 aromatic heterocycles. The Bertz CT molecular complexity index is 516. The quantitative estimate of drug-likeness (QED) is 0.709. The summed E-state index contributed by atoms with van der Waals surface area (Å²) in [6.45, 7) is 1.61. The van der Waals surface area contributed by atoms with E-state index in [0.29, 0.717) is 5.69 Å². The van der Waals surface area contributed by atoms with E-state index in [0.717, 1.165) is 12.8 Å². The summed E-state index contributed by atoms with van der Waals surface area (Å²) in [6, 6.07) is 1.05. The summed E-state index contributed by atoms with van der Waals surface area (Å²) in [5.74, 6) is -0.674. The van der Waals surface area contributed by atoms with Crippen molar-refractivity contribution in [2.24, 2.45) is 0 Å². The van der Waals surface area contributed by atoms with E-state index in [2.05, 4.69) is 15.6 Å². The van der Waals surface area contributed by atoms with Crippen LogP contribution in [0.15, 0.2) is 12.3 Å². The van der Waals surface area contributed by atoms with Crippen molar-refractivity contribution in [2.45, 2.75) is 31.8 Å². The minimum absolute atomic E-state index is 0.0569. The molecule has 0 aliphatic heterocycles. The summed E-state index contributed by atoms with van der Waals surface area (Å²) in [5.41, 5.74) is 6.05. The number of nitrogens with zero attached hydrogens (tertiary/aromatic N) is 1. The van der Waals surface area contributed by atoms with Crippen LogP contribution in [0.4, 0.5) is 5.69 Å². The van der Waals surface area contributed by atoms with Gasteiger partial charge in [-0.2, -0.15) is 0 Å². The predicted octanol–water partition coefficient (Wildman–Crippen LogP) is 0.714. The van der Waals surface area contributed by atoms with Crippen LogP contribution >= 0.6 is 11.6 Å². The zero-order valence-corrected chi connectivity index (χ0v) is 11.2. The molecule has 6 nitrogen and oxygen atoms in total. The van der Waals surface area contributed by atoms with E-state index in [4.69, 9.17) is 17.3 Å². The van der Waals surface area contributed by atoms with E-state index < -0.39 is 11.9 Å². The fraction of sp³-hybridized carbons (Fsp3) is 0.417. The maximum atomic E-state index is 12.0. The van der Waals surface area contributed by atoms with Crippen LogP contribution in [0.2, 0.25) is 5.15 Å². The monoisotopic (exact) mass is 282 g/mol. The van der Waals surface area contributed by atoms with Gasteiger partial charge in [-0.3, -0.25) is 9.59 Å². The van der Waals surface area contributed by atoms with Gasteiger partial charge in [0.15, 0.2) is 0 Å². The van der Waals surface area contributed by atoms with Crippen LogP contribution in [0, 0.1) is 0 Å². The lowest BCUT2D eigenvalue weighted by Crippen LogP contribution is -2.45. The molecule has 0 aromatic carbocycles. The van der Waals surface area contributed by atoms with Gasteiger partial charge in [0.1, 0.15) is 11.2 Å². The molecule has 4 N–H and O–H groups in total. The molecule has 2 rings (SSSR count). The largest absolute Gasteiger partial charge is 0.397 e. The molecule has 102 valence electrons. The van der Waals surface area contributed by atoms with Crippen molar-refractivity contribution in [1.82, 2.24) is 15.6 Å². The molecule has 1 aliphatic carbocycles.